The van der Waals surface area contributed by atoms with E-state index in [9.17, 15) is 0 Å². The number of nitrogens with zero attached hydrogens (tertiary/aromatic N) is 2. The van der Waals surface area contributed by atoms with Gasteiger partial charge in [-0.2, -0.15) is 0 Å². The Labute approximate surface area is 71.4 Å². The molecule has 1 N–H and O–H groups in total. The molecular weight excluding hydrogens is 154 g/mol. The first-order chi connectivity index (χ1) is 5.88. The second kappa shape index (κ2) is 3.23. The Kier molecular flexibility index (Phi) is 2.08. The molecule has 1 aliphatic carbocycles. The van der Waals surface area contributed by atoms with Gasteiger partial charge < -0.3 is 9.73 Å². The second-order valence-corrected chi connectivity index (χ2v) is 3.27. The summed E-state index contributed by atoms with van der Waals surface area (Å²) in [5, 5.41) is 10.8. The molecule has 1 heterocycles. The van der Waals surface area contributed by atoms with Crippen LogP contribution in [0.15, 0.2) is 4.42 Å². The highest BCUT2D eigenvalue weighted by atomic mass is 16.4. The number of rotatable bonds is 4. The molecule has 0 aliphatic heterocycles. The van der Waals surface area contributed by atoms with Crippen LogP contribution in [0.1, 0.15) is 24.6 Å². The lowest BCUT2D eigenvalue weighted by Gasteiger charge is -1.90. The highest BCUT2D eigenvalue weighted by molar-refractivity contribution is 4.88. The van der Waals surface area contributed by atoms with Crippen molar-refractivity contribution in [2.75, 3.05) is 7.05 Å². The van der Waals surface area contributed by atoms with Crippen LogP contribution in [0, 0.1) is 5.92 Å². The summed E-state index contributed by atoms with van der Waals surface area (Å²) < 4.78 is 5.39. The topological polar surface area (TPSA) is 51.0 Å². The van der Waals surface area contributed by atoms with Gasteiger partial charge in [-0.3, -0.25) is 0 Å². The molecule has 0 aromatic carbocycles. The molecule has 0 radical (unpaired) electrons. The fourth-order valence-corrected chi connectivity index (χ4v) is 1.16. The average Bonchev–Trinajstić information content (AvgIpc) is 2.74. The summed E-state index contributed by atoms with van der Waals surface area (Å²) in [6.45, 7) is 0.664. The Hall–Kier alpha value is -0.900. The van der Waals surface area contributed by atoms with Crippen LogP contribution < -0.4 is 5.32 Å². The van der Waals surface area contributed by atoms with Crippen LogP contribution in [0.3, 0.4) is 0 Å². The van der Waals surface area contributed by atoms with Crippen LogP contribution in [-0.4, -0.2) is 17.2 Å². The first-order valence-electron chi connectivity index (χ1n) is 4.34. The van der Waals surface area contributed by atoms with Gasteiger partial charge in [-0.15, -0.1) is 10.2 Å². The molecule has 0 atom stereocenters. The third-order valence-corrected chi connectivity index (χ3v) is 2.00. The molecule has 1 aromatic rings. The van der Waals surface area contributed by atoms with E-state index < -0.39 is 0 Å². The SMILES string of the molecule is CNCc1nnc(CC2CC2)o1. The Bertz CT molecular complexity index is 255. The zero-order valence-corrected chi connectivity index (χ0v) is 7.21. The third kappa shape index (κ3) is 1.82. The van der Waals surface area contributed by atoms with Crippen molar-refractivity contribution in [1.82, 2.24) is 15.5 Å². The number of nitrogens with one attached hydrogen (secondary N) is 1. The van der Waals surface area contributed by atoms with Gasteiger partial charge in [0.1, 0.15) is 0 Å². The van der Waals surface area contributed by atoms with Crippen molar-refractivity contribution in [2.24, 2.45) is 5.92 Å². The minimum absolute atomic E-state index is 0.664. The van der Waals surface area contributed by atoms with Crippen molar-refractivity contribution in [3.63, 3.8) is 0 Å². The second-order valence-electron chi connectivity index (χ2n) is 3.27. The van der Waals surface area contributed by atoms with Crippen LogP contribution >= 0.6 is 0 Å². The van der Waals surface area contributed by atoms with Crippen molar-refractivity contribution in [3.05, 3.63) is 11.8 Å². The van der Waals surface area contributed by atoms with E-state index in [2.05, 4.69) is 15.5 Å². The molecule has 0 spiro atoms. The predicted octanol–water partition coefficient (Wildman–Crippen LogP) is 0.741. The lowest BCUT2D eigenvalue weighted by molar-refractivity contribution is 0.432. The van der Waals surface area contributed by atoms with Gasteiger partial charge in [-0.05, 0) is 25.8 Å². The Balaban J connectivity index is 1.92. The van der Waals surface area contributed by atoms with E-state index in [4.69, 9.17) is 4.42 Å². The Morgan fingerprint density at radius 3 is 2.83 bits per heavy atom. The molecule has 0 bridgehead atoms. The number of aromatic nitrogens is 2. The molecule has 1 aliphatic rings. The van der Waals surface area contributed by atoms with E-state index >= 15 is 0 Å². The molecule has 1 aromatic heterocycles. The third-order valence-electron chi connectivity index (χ3n) is 2.00. The summed E-state index contributed by atoms with van der Waals surface area (Å²) >= 11 is 0. The molecular formula is C8H13N3O. The standard InChI is InChI=1S/C8H13N3O/c1-9-5-8-11-10-7(12-8)4-6-2-3-6/h6,9H,2-5H2,1H3. The van der Waals surface area contributed by atoms with Gasteiger partial charge >= 0.3 is 0 Å². The zero-order valence-electron chi connectivity index (χ0n) is 7.21. The molecule has 12 heavy (non-hydrogen) atoms. The maximum Gasteiger partial charge on any atom is 0.230 e. The van der Waals surface area contributed by atoms with E-state index in [0.717, 1.165) is 18.2 Å². The minimum Gasteiger partial charge on any atom is -0.424 e. The van der Waals surface area contributed by atoms with E-state index in [-0.39, 0.29) is 0 Å². The fourth-order valence-electron chi connectivity index (χ4n) is 1.16. The normalized spacial score (nSPS) is 16.8. The van der Waals surface area contributed by atoms with Crippen LogP contribution in [0.4, 0.5) is 0 Å². The highest BCUT2D eigenvalue weighted by Crippen LogP contribution is 2.31. The summed E-state index contributed by atoms with van der Waals surface area (Å²) in [7, 11) is 1.87. The zero-order chi connectivity index (χ0) is 8.39. The largest absolute Gasteiger partial charge is 0.424 e. The summed E-state index contributed by atoms with van der Waals surface area (Å²) in [6, 6.07) is 0. The molecule has 0 unspecified atom stereocenters. The van der Waals surface area contributed by atoms with Gasteiger partial charge in [0.2, 0.25) is 11.8 Å². The minimum atomic E-state index is 0.664. The van der Waals surface area contributed by atoms with E-state index in [0.29, 0.717) is 12.4 Å². The molecule has 0 saturated heterocycles. The Morgan fingerprint density at radius 2 is 2.17 bits per heavy atom. The number of hydrogen-bond acceptors (Lipinski definition) is 4. The molecule has 0 amide bonds. The van der Waals surface area contributed by atoms with E-state index in [1.807, 2.05) is 7.05 Å². The first kappa shape index (κ1) is 7.73. The van der Waals surface area contributed by atoms with E-state index in [1.54, 1.807) is 0 Å². The maximum atomic E-state index is 5.39. The number of hydrogen-bond donors (Lipinski definition) is 1. The van der Waals surface area contributed by atoms with E-state index in [1.165, 1.54) is 12.8 Å². The van der Waals surface area contributed by atoms with Crippen molar-refractivity contribution in [1.29, 1.82) is 0 Å². The molecule has 1 saturated carbocycles. The summed E-state index contributed by atoms with van der Waals surface area (Å²) in [6.07, 6.45) is 3.62. The molecule has 4 heteroatoms. The van der Waals surface area contributed by atoms with Crippen LogP contribution in [0.2, 0.25) is 0 Å². The van der Waals surface area contributed by atoms with Gasteiger partial charge in [0.05, 0.1) is 6.54 Å². The van der Waals surface area contributed by atoms with Gasteiger partial charge in [-0.1, -0.05) is 0 Å². The van der Waals surface area contributed by atoms with Gasteiger partial charge in [0.15, 0.2) is 0 Å². The lowest BCUT2D eigenvalue weighted by atomic mass is 10.3. The summed E-state index contributed by atoms with van der Waals surface area (Å²) in [5.74, 6) is 2.30. The predicted molar refractivity (Wildman–Crippen MR) is 43.5 cm³/mol. The first-order valence-corrected chi connectivity index (χ1v) is 4.34. The quantitative estimate of drug-likeness (QED) is 0.718. The summed E-state index contributed by atoms with van der Waals surface area (Å²) in [4.78, 5) is 0. The van der Waals surface area contributed by atoms with Gasteiger partial charge in [0, 0.05) is 6.42 Å². The van der Waals surface area contributed by atoms with Crippen LogP contribution in [-0.2, 0) is 13.0 Å². The lowest BCUT2D eigenvalue weighted by Crippen LogP contribution is -2.04. The van der Waals surface area contributed by atoms with Crippen molar-refractivity contribution in [3.8, 4) is 0 Å². The maximum absolute atomic E-state index is 5.39. The van der Waals surface area contributed by atoms with Gasteiger partial charge in [-0.25, -0.2) is 0 Å². The van der Waals surface area contributed by atoms with Crippen molar-refractivity contribution < 1.29 is 4.42 Å². The molecule has 1 fully saturated rings. The smallest absolute Gasteiger partial charge is 0.230 e. The fraction of sp³-hybridized carbons (Fsp3) is 0.750. The van der Waals surface area contributed by atoms with Crippen LogP contribution in [0.25, 0.3) is 0 Å². The molecule has 66 valence electrons. The monoisotopic (exact) mass is 167 g/mol. The highest BCUT2D eigenvalue weighted by Gasteiger charge is 2.24. The Morgan fingerprint density at radius 1 is 1.42 bits per heavy atom. The van der Waals surface area contributed by atoms with Crippen molar-refractivity contribution >= 4 is 0 Å². The van der Waals surface area contributed by atoms with Crippen LogP contribution in [0.5, 0.6) is 0 Å². The molecule has 4 nitrogen and oxygen atoms in total. The summed E-state index contributed by atoms with van der Waals surface area (Å²) in [5.41, 5.74) is 0. The van der Waals surface area contributed by atoms with Crippen molar-refractivity contribution in [2.45, 2.75) is 25.8 Å². The average molecular weight is 167 g/mol. The van der Waals surface area contributed by atoms with Gasteiger partial charge in [0.25, 0.3) is 0 Å². The molecule has 2 rings (SSSR count).